The summed E-state index contributed by atoms with van der Waals surface area (Å²) < 4.78 is 35.9. The average molecular weight is 539 g/mol. The molecule has 8 heteroatoms. The van der Waals surface area contributed by atoms with Gasteiger partial charge in [-0.3, -0.25) is 0 Å². The Balaban J connectivity index is 1.46. The third-order valence-corrected chi connectivity index (χ3v) is 6.15. The van der Waals surface area contributed by atoms with Gasteiger partial charge in [0.15, 0.2) is 12.4 Å². The quantitative estimate of drug-likeness (QED) is 0.185. The minimum Gasteiger partial charge on any atom is -0.497 e. The number of carbonyl (C=O) groups excluding carboxylic acids is 1. The summed E-state index contributed by atoms with van der Waals surface area (Å²) >= 11 is 0. The van der Waals surface area contributed by atoms with Crippen molar-refractivity contribution in [2.45, 2.75) is 13.5 Å². The van der Waals surface area contributed by atoms with Crippen molar-refractivity contribution >= 4 is 16.7 Å². The van der Waals surface area contributed by atoms with E-state index < -0.39 is 5.97 Å². The zero-order chi connectivity index (χ0) is 27.9. The Kier molecular flexibility index (Phi) is 8.15. The molecule has 0 atom stereocenters. The van der Waals surface area contributed by atoms with Crippen LogP contribution in [0.15, 0.2) is 91.0 Å². The molecule has 0 fully saturated rings. The second-order valence-electron chi connectivity index (χ2n) is 8.84. The second kappa shape index (κ2) is 12.3. The molecule has 0 bridgehead atoms. The Morgan fingerprint density at radius 1 is 0.800 bits per heavy atom. The number of hydrogen-bond donors (Lipinski definition) is 0. The molecule has 0 aliphatic heterocycles. The summed E-state index contributed by atoms with van der Waals surface area (Å²) in [5, 5.41) is 1.86. The van der Waals surface area contributed by atoms with E-state index in [1.165, 1.54) is 6.07 Å². The van der Waals surface area contributed by atoms with Gasteiger partial charge in [0.1, 0.15) is 23.9 Å². The summed E-state index contributed by atoms with van der Waals surface area (Å²) in [6.07, 6.45) is 0. The van der Waals surface area contributed by atoms with Crippen LogP contribution in [0.25, 0.3) is 33.4 Å². The minimum atomic E-state index is -0.417. The van der Waals surface area contributed by atoms with Crippen LogP contribution in [0.3, 0.4) is 0 Å². The molecular weight excluding hydrogens is 511 g/mol. The van der Waals surface area contributed by atoms with E-state index >= 15 is 0 Å². The van der Waals surface area contributed by atoms with Crippen LogP contribution in [0.1, 0.15) is 12.5 Å². The van der Waals surface area contributed by atoms with Crippen LogP contribution in [0.4, 0.5) is 4.39 Å². The molecule has 0 amide bonds. The van der Waals surface area contributed by atoms with Crippen molar-refractivity contribution in [3.63, 3.8) is 0 Å². The molecule has 0 spiro atoms. The molecule has 40 heavy (non-hydrogen) atoms. The molecule has 0 N–H and O–H groups in total. The van der Waals surface area contributed by atoms with Crippen molar-refractivity contribution in [2.75, 3.05) is 20.3 Å². The van der Waals surface area contributed by atoms with E-state index in [0.717, 1.165) is 27.6 Å². The van der Waals surface area contributed by atoms with Crippen molar-refractivity contribution in [2.24, 2.45) is 0 Å². The summed E-state index contributed by atoms with van der Waals surface area (Å²) in [7, 11) is 1.61. The van der Waals surface area contributed by atoms with Crippen LogP contribution in [-0.4, -0.2) is 36.3 Å². The van der Waals surface area contributed by atoms with E-state index in [9.17, 15) is 9.18 Å². The zero-order valence-electron chi connectivity index (χ0n) is 22.1. The molecule has 5 rings (SSSR count). The van der Waals surface area contributed by atoms with Gasteiger partial charge in [-0.2, -0.15) is 4.98 Å². The van der Waals surface area contributed by atoms with Crippen LogP contribution < -0.4 is 14.2 Å². The summed E-state index contributed by atoms with van der Waals surface area (Å²) in [6.45, 7) is 1.93. The molecule has 0 aliphatic carbocycles. The third-order valence-electron chi connectivity index (χ3n) is 6.15. The Hall–Kier alpha value is -4.98. The van der Waals surface area contributed by atoms with Crippen LogP contribution in [-0.2, 0) is 16.1 Å². The topological polar surface area (TPSA) is 79.8 Å². The highest BCUT2D eigenvalue weighted by molar-refractivity contribution is 5.88. The van der Waals surface area contributed by atoms with Crippen LogP contribution in [0, 0.1) is 5.82 Å². The predicted octanol–water partition coefficient (Wildman–Crippen LogP) is 6.63. The van der Waals surface area contributed by atoms with Crippen molar-refractivity contribution < 1.29 is 28.1 Å². The number of nitrogens with zero attached hydrogens (tertiary/aromatic N) is 2. The smallest absolute Gasteiger partial charge is 0.344 e. The van der Waals surface area contributed by atoms with Gasteiger partial charge >= 0.3 is 5.97 Å². The number of rotatable bonds is 10. The van der Waals surface area contributed by atoms with Gasteiger partial charge in [-0.25, -0.2) is 14.2 Å². The van der Waals surface area contributed by atoms with Gasteiger partial charge in [0, 0.05) is 22.8 Å². The van der Waals surface area contributed by atoms with Gasteiger partial charge in [0.25, 0.3) is 0 Å². The number of methoxy groups -OCH3 is 1. The van der Waals surface area contributed by atoms with Gasteiger partial charge in [0.2, 0.25) is 5.88 Å². The fourth-order valence-corrected chi connectivity index (χ4v) is 4.10. The van der Waals surface area contributed by atoms with Crippen molar-refractivity contribution in [1.29, 1.82) is 0 Å². The number of halogens is 1. The molecule has 4 aromatic carbocycles. The van der Waals surface area contributed by atoms with Crippen LogP contribution >= 0.6 is 0 Å². The van der Waals surface area contributed by atoms with Gasteiger partial charge in [0.05, 0.1) is 19.4 Å². The fraction of sp³-hybridized carbons (Fsp3) is 0.156. The Labute approximate surface area is 231 Å². The summed E-state index contributed by atoms with van der Waals surface area (Å²) in [4.78, 5) is 21.1. The van der Waals surface area contributed by atoms with Gasteiger partial charge in [-0.05, 0) is 66.2 Å². The zero-order valence-corrected chi connectivity index (χ0v) is 22.1. The second-order valence-corrected chi connectivity index (χ2v) is 8.84. The highest BCUT2D eigenvalue weighted by Crippen LogP contribution is 2.30. The first-order valence-corrected chi connectivity index (χ1v) is 12.7. The van der Waals surface area contributed by atoms with Crippen molar-refractivity contribution in [1.82, 2.24) is 9.97 Å². The van der Waals surface area contributed by atoms with Crippen molar-refractivity contribution in [3.8, 4) is 40.0 Å². The molecule has 0 aliphatic rings. The first-order valence-electron chi connectivity index (χ1n) is 12.7. The van der Waals surface area contributed by atoms with E-state index in [0.29, 0.717) is 35.3 Å². The lowest BCUT2D eigenvalue weighted by molar-refractivity contribution is -0.145. The third kappa shape index (κ3) is 6.35. The summed E-state index contributed by atoms with van der Waals surface area (Å²) in [5.41, 5.74) is 2.71. The minimum absolute atomic E-state index is 0.0253. The van der Waals surface area contributed by atoms with E-state index in [4.69, 9.17) is 23.9 Å². The molecule has 0 unspecified atom stereocenters. The number of esters is 1. The van der Waals surface area contributed by atoms with Gasteiger partial charge in [-0.15, -0.1) is 0 Å². The lowest BCUT2D eigenvalue weighted by atomic mass is 10.1. The maximum atomic E-state index is 14.2. The molecule has 202 valence electrons. The first-order chi connectivity index (χ1) is 19.5. The number of ether oxygens (including phenoxy) is 4. The van der Waals surface area contributed by atoms with Gasteiger partial charge < -0.3 is 18.9 Å². The molecule has 0 radical (unpaired) electrons. The van der Waals surface area contributed by atoms with Crippen LogP contribution in [0.5, 0.6) is 17.4 Å². The molecule has 1 aromatic heterocycles. The maximum absolute atomic E-state index is 14.2. The predicted molar refractivity (Wildman–Crippen MR) is 150 cm³/mol. The Bertz CT molecular complexity index is 1640. The van der Waals surface area contributed by atoms with E-state index in [2.05, 4.69) is 4.98 Å². The monoisotopic (exact) mass is 538 g/mol. The SMILES string of the molecule is CCOC(=O)COc1ccc2cc(-c3nc(OCc4ccccc4F)cc(-c4ccc(OC)cc4)n3)ccc2c1. The van der Waals surface area contributed by atoms with E-state index in [1.807, 2.05) is 54.6 Å². The largest absolute Gasteiger partial charge is 0.497 e. The summed E-state index contributed by atoms with van der Waals surface area (Å²) in [6, 6.07) is 27.1. The Morgan fingerprint density at radius 2 is 1.52 bits per heavy atom. The van der Waals surface area contributed by atoms with E-state index in [-0.39, 0.29) is 19.0 Å². The fourth-order valence-electron chi connectivity index (χ4n) is 4.10. The number of carbonyl (C=O) groups is 1. The van der Waals surface area contributed by atoms with Gasteiger partial charge in [-0.1, -0.05) is 36.4 Å². The highest BCUT2D eigenvalue weighted by atomic mass is 19.1. The molecular formula is C32H27FN2O5. The van der Waals surface area contributed by atoms with Crippen LogP contribution in [0.2, 0.25) is 0 Å². The standard InChI is InChI=1S/C32H27FN2O5/c1-3-38-31(36)20-39-27-15-12-22-16-24(9-8-23(22)17-27)32-34-29(21-10-13-26(37-2)14-11-21)18-30(35-32)40-19-25-6-4-5-7-28(25)33/h4-18H,3,19-20H2,1-2H3. The lowest BCUT2D eigenvalue weighted by Crippen LogP contribution is -2.14. The number of aromatic nitrogens is 2. The molecule has 1 heterocycles. The molecule has 7 nitrogen and oxygen atoms in total. The van der Waals surface area contributed by atoms with E-state index in [1.54, 1.807) is 44.4 Å². The number of fused-ring (bicyclic) bond motifs is 1. The maximum Gasteiger partial charge on any atom is 0.344 e. The summed E-state index contributed by atoms with van der Waals surface area (Å²) in [5.74, 6) is 1.32. The average Bonchev–Trinajstić information content (AvgIpc) is 2.99. The number of benzene rings is 4. The molecule has 0 saturated heterocycles. The van der Waals surface area contributed by atoms with Crippen molar-refractivity contribution in [3.05, 3.63) is 102 Å². The molecule has 5 aromatic rings. The Morgan fingerprint density at radius 3 is 2.30 bits per heavy atom. The number of hydrogen-bond acceptors (Lipinski definition) is 7. The lowest BCUT2D eigenvalue weighted by Gasteiger charge is -2.12. The highest BCUT2D eigenvalue weighted by Gasteiger charge is 2.13. The molecule has 0 saturated carbocycles. The first kappa shape index (κ1) is 26.6. The normalized spacial score (nSPS) is 10.8.